The Morgan fingerprint density at radius 3 is 2.20 bits per heavy atom. The fraction of sp³-hybridized carbons (Fsp3) is 0.889. The Morgan fingerprint density at radius 1 is 0.729 bits per heavy atom. The van der Waals surface area contributed by atoms with E-state index in [4.69, 9.17) is 18.9 Å². The van der Waals surface area contributed by atoms with Gasteiger partial charge in [0.2, 0.25) is 0 Å². The summed E-state index contributed by atoms with van der Waals surface area (Å²) in [4.78, 5) is 2.19. The molecule has 0 aliphatic heterocycles. The van der Waals surface area contributed by atoms with Gasteiger partial charge in [0.25, 0.3) is 0 Å². The second-order valence-electron chi connectivity index (χ2n) is 21.1. The van der Waals surface area contributed by atoms with Gasteiger partial charge in [-0.15, -0.1) is 0 Å². The maximum Gasteiger partial charge on any atom is 0.0935 e. The number of allylic oxidation sites excluding steroid dienone is 5. The molecular formula is C54H97NO4. The van der Waals surface area contributed by atoms with E-state index in [0.29, 0.717) is 50.0 Å². The van der Waals surface area contributed by atoms with Crippen molar-refractivity contribution in [1.29, 1.82) is 0 Å². The molecule has 4 rings (SSSR count). The minimum absolute atomic E-state index is 0.0745. The molecule has 0 heterocycles. The predicted molar refractivity (Wildman–Crippen MR) is 252 cm³/mol. The number of hydrogen-bond acceptors (Lipinski definition) is 5. The van der Waals surface area contributed by atoms with Crippen LogP contribution < -0.4 is 0 Å². The maximum absolute atomic E-state index is 6.47. The van der Waals surface area contributed by atoms with Crippen LogP contribution in [-0.4, -0.2) is 77.4 Å². The number of hydrogen-bond donors (Lipinski definition) is 0. The average Bonchev–Trinajstić information content (AvgIpc) is 3.57. The summed E-state index contributed by atoms with van der Waals surface area (Å²) < 4.78 is 24.8. The summed E-state index contributed by atoms with van der Waals surface area (Å²) in [6.07, 6.45) is 42.8. The van der Waals surface area contributed by atoms with E-state index in [-0.39, 0.29) is 6.10 Å². The van der Waals surface area contributed by atoms with Gasteiger partial charge in [-0.1, -0.05) is 135 Å². The lowest BCUT2D eigenvalue weighted by molar-refractivity contribution is -0.0727. The molecule has 4 aliphatic carbocycles. The zero-order valence-electron chi connectivity index (χ0n) is 40.3. The highest BCUT2D eigenvalue weighted by Gasteiger charge is 2.59. The summed E-state index contributed by atoms with van der Waals surface area (Å²) in [5, 5.41) is 0. The third kappa shape index (κ3) is 16.9. The molecule has 342 valence electrons. The molecule has 4 aliphatic rings. The van der Waals surface area contributed by atoms with Gasteiger partial charge in [-0.25, -0.2) is 0 Å². The predicted octanol–water partition coefficient (Wildman–Crippen LogP) is 14.2. The lowest BCUT2D eigenvalue weighted by Crippen LogP contribution is -2.51. The highest BCUT2D eigenvalue weighted by atomic mass is 16.6. The lowest BCUT2D eigenvalue weighted by Gasteiger charge is -2.58. The van der Waals surface area contributed by atoms with E-state index in [2.05, 4.69) is 90.9 Å². The Morgan fingerprint density at radius 2 is 1.46 bits per heavy atom. The van der Waals surface area contributed by atoms with Gasteiger partial charge in [0, 0.05) is 13.2 Å². The highest BCUT2D eigenvalue weighted by molar-refractivity contribution is 5.25. The molecule has 0 aromatic heterocycles. The first-order chi connectivity index (χ1) is 28.6. The first kappa shape index (κ1) is 50.7. The molecule has 0 bridgehead atoms. The van der Waals surface area contributed by atoms with Crippen molar-refractivity contribution in [2.45, 2.75) is 201 Å². The molecule has 0 radical (unpaired) electrons. The largest absolute Gasteiger partial charge is 0.379 e. The zero-order chi connectivity index (χ0) is 42.4. The van der Waals surface area contributed by atoms with Crippen LogP contribution in [0.3, 0.4) is 0 Å². The van der Waals surface area contributed by atoms with E-state index in [1.54, 1.807) is 5.57 Å². The van der Waals surface area contributed by atoms with Crippen molar-refractivity contribution in [3.05, 3.63) is 36.0 Å². The van der Waals surface area contributed by atoms with Crippen LogP contribution in [0.5, 0.6) is 0 Å². The molecule has 0 amide bonds. The molecule has 5 nitrogen and oxygen atoms in total. The van der Waals surface area contributed by atoms with Gasteiger partial charge < -0.3 is 23.8 Å². The molecule has 0 N–H and O–H groups in total. The molecule has 9 atom stereocenters. The van der Waals surface area contributed by atoms with E-state index in [9.17, 15) is 0 Å². The Bertz CT molecular complexity index is 1190. The van der Waals surface area contributed by atoms with Crippen LogP contribution in [0.4, 0.5) is 0 Å². The van der Waals surface area contributed by atoms with E-state index in [1.807, 2.05) is 0 Å². The number of rotatable bonds is 32. The van der Waals surface area contributed by atoms with Crippen molar-refractivity contribution < 1.29 is 18.9 Å². The summed E-state index contributed by atoms with van der Waals surface area (Å²) in [6, 6.07) is 0. The minimum atomic E-state index is 0.0745. The molecule has 0 aromatic rings. The Labute approximate surface area is 366 Å². The quantitative estimate of drug-likeness (QED) is 0.0499. The molecule has 2 unspecified atom stereocenters. The lowest BCUT2D eigenvalue weighted by atomic mass is 9.47. The monoisotopic (exact) mass is 824 g/mol. The van der Waals surface area contributed by atoms with Crippen molar-refractivity contribution in [3.63, 3.8) is 0 Å². The molecule has 59 heavy (non-hydrogen) atoms. The van der Waals surface area contributed by atoms with Gasteiger partial charge >= 0.3 is 0 Å². The van der Waals surface area contributed by atoms with Crippen LogP contribution in [0.25, 0.3) is 0 Å². The number of unbranched alkanes of at least 4 members (excludes halogenated alkanes) is 9. The normalized spacial score (nSPS) is 29.3. The van der Waals surface area contributed by atoms with E-state index < -0.39 is 0 Å². The molecule has 5 heteroatoms. The van der Waals surface area contributed by atoms with E-state index in [1.165, 1.54) is 128 Å². The number of fused-ring (bicyclic) bond motifs is 5. The van der Waals surface area contributed by atoms with Crippen LogP contribution in [0.1, 0.15) is 189 Å². The van der Waals surface area contributed by atoms with Crippen LogP contribution in [0, 0.1) is 46.3 Å². The smallest absolute Gasteiger partial charge is 0.0935 e. The number of nitrogens with zero attached hydrogens (tertiary/aromatic N) is 1. The first-order valence-electron chi connectivity index (χ1n) is 25.6. The summed E-state index contributed by atoms with van der Waals surface area (Å²) in [5.74, 6) is 5.36. The van der Waals surface area contributed by atoms with E-state index >= 15 is 0 Å². The van der Waals surface area contributed by atoms with Crippen molar-refractivity contribution in [2.24, 2.45) is 46.3 Å². The second kappa shape index (κ2) is 27.9. The van der Waals surface area contributed by atoms with Crippen LogP contribution in [-0.2, 0) is 18.9 Å². The minimum Gasteiger partial charge on any atom is -0.379 e. The van der Waals surface area contributed by atoms with Gasteiger partial charge in [-0.2, -0.15) is 0 Å². The van der Waals surface area contributed by atoms with Gasteiger partial charge in [-0.3, -0.25) is 0 Å². The van der Waals surface area contributed by atoms with Crippen LogP contribution in [0.15, 0.2) is 36.0 Å². The van der Waals surface area contributed by atoms with Gasteiger partial charge in [0.1, 0.15) is 0 Å². The van der Waals surface area contributed by atoms with Crippen LogP contribution in [0.2, 0.25) is 0 Å². The number of ether oxygens (including phenoxy) is 4. The van der Waals surface area contributed by atoms with Crippen molar-refractivity contribution in [1.82, 2.24) is 4.90 Å². The molecular weight excluding hydrogens is 727 g/mol. The maximum atomic E-state index is 6.47. The first-order valence-corrected chi connectivity index (χ1v) is 25.6. The van der Waals surface area contributed by atoms with Crippen molar-refractivity contribution >= 4 is 0 Å². The molecule has 0 spiro atoms. The fourth-order valence-corrected chi connectivity index (χ4v) is 12.4. The Balaban J connectivity index is 1.02. The Hall–Kier alpha value is -0.980. The third-order valence-corrected chi connectivity index (χ3v) is 15.8. The molecule has 3 fully saturated rings. The molecule has 0 saturated heterocycles. The SMILES string of the molecule is CCCCCC=CCC=CCCCCCCCCOCC(CN(C)C)OCCOCCO[C@H]1CC[C@@]2(C)C(=CC[C@H]3[C@@H]4CC[C@H](C(C)CCCC(C)C)[C@@]4(C)CC[C@@H]32)C1. The molecule has 0 aromatic carbocycles. The van der Waals surface area contributed by atoms with Gasteiger partial charge in [-0.05, 0) is 150 Å². The second-order valence-corrected chi connectivity index (χ2v) is 21.1. The third-order valence-electron chi connectivity index (χ3n) is 15.8. The van der Waals surface area contributed by atoms with Crippen molar-refractivity contribution in [2.75, 3.05) is 60.3 Å². The highest BCUT2D eigenvalue weighted by Crippen LogP contribution is 2.67. The summed E-state index contributed by atoms with van der Waals surface area (Å²) in [6.45, 7) is 19.9. The summed E-state index contributed by atoms with van der Waals surface area (Å²) >= 11 is 0. The van der Waals surface area contributed by atoms with Gasteiger partial charge in [0.05, 0.1) is 45.2 Å². The number of likely N-dealkylation sites (N-methyl/N-ethyl adjacent to an activating group) is 1. The standard InChI is InChI=1S/C54H97NO4/c1-9-10-11-12-13-14-15-16-17-18-19-20-21-22-23-24-36-57-43-48(42-55(7)8)59-40-38-56-37-39-58-47-32-34-53(5)46(41-47)28-29-49-51-31-30-50(45(4)27-25-26-44(2)3)54(51,6)35-33-52(49)53/h13-14,16-17,28,44-45,47-52H,9-12,15,18-27,29-43H2,1-8H3/t45?,47-,48?,49-,50+,51-,52-,53-,54+/m0/s1. The fourth-order valence-electron chi connectivity index (χ4n) is 12.4. The average molecular weight is 824 g/mol. The summed E-state index contributed by atoms with van der Waals surface area (Å²) in [7, 11) is 4.21. The topological polar surface area (TPSA) is 40.2 Å². The van der Waals surface area contributed by atoms with Crippen molar-refractivity contribution in [3.8, 4) is 0 Å². The van der Waals surface area contributed by atoms with Crippen LogP contribution >= 0.6 is 0 Å². The van der Waals surface area contributed by atoms with E-state index in [0.717, 1.165) is 67.9 Å². The Kier molecular flexibility index (Phi) is 24.0. The zero-order valence-corrected chi connectivity index (χ0v) is 40.3. The molecule has 3 saturated carbocycles. The van der Waals surface area contributed by atoms with Gasteiger partial charge in [0.15, 0.2) is 0 Å². The summed E-state index contributed by atoms with van der Waals surface area (Å²) in [5.41, 5.74) is 2.67.